The van der Waals surface area contributed by atoms with Gasteiger partial charge >= 0.3 is 0 Å². The Morgan fingerprint density at radius 2 is 1.38 bits per heavy atom. The van der Waals surface area contributed by atoms with Crippen LogP contribution in [-0.4, -0.2) is 0 Å². The molecule has 8 heavy (non-hydrogen) atoms. The largest absolute Gasteiger partial charge is 0.0882 e. The van der Waals surface area contributed by atoms with Crippen LogP contribution in [0.1, 0.15) is 25.7 Å². The molecule has 0 aliphatic heterocycles. The standard InChI is InChI=1S/C8H12/c1-2-4-8-6-5-7(8)3-1/h1-2,7-8H,3-6H2/t7-,8+. The fourth-order valence-electron chi connectivity index (χ4n) is 1.80. The molecule has 0 nitrogen and oxygen atoms in total. The molecule has 2 aliphatic rings. The molecular weight excluding hydrogens is 96.1 g/mol. The van der Waals surface area contributed by atoms with Crippen molar-refractivity contribution in [2.75, 3.05) is 0 Å². The van der Waals surface area contributed by atoms with Crippen molar-refractivity contribution in [3.63, 3.8) is 0 Å². The molecule has 0 spiro atoms. The average Bonchev–Trinajstić information content (AvgIpc) is 1.72. The van der Waals surface area contributed by atoms with Crippen molar-refractivity contribution < 1.29 is 0 Å². The van der Waals surface area contributed by atoms with Gasteiger partial charge in [-0.3, -0.25) is 0 Å². The Kier molecular flexibility index (Phi) is 0.927. The molecule has 0 radical (unpaired) electrons. The first-order valence-electron chi connectivity index (χ1n) is 3.62. The summed E-state index contributed by atoms with van der Waals surface area (Å²) in [5.74, 6) is 2.19. The summed E-state index contributed by atoms with van der Waals surface area (Å²) >= 11 is 0. The highest BCUT2D eigenvalue weighted by Crippen LogP contribution is 2.41. The molecule has 2 aliphatic carbocycles. The van der Waals surface area contributed by atoms with Gasteiger partial charge in [-0.25, -0.2) is 0 Å². The van der Waals surface area contributed by atoms with Crippen molar-refractivity contribution in [1.82, 2.24) is 0 Å². The van der Waals surface area contributed by atoms with Gasteiger partial charge in [-0.2, -0.15) is 0 Å². The molecule has 0 aromatic rings. The lowest BCUT2D eigenvalue weighted by molar-refractivity contribution is 0.172. The first-order valence-corrected chi connectivity index (χ1v) is 3.62. The summed E-state index contributed by atoms with van der Waals surface area (Å²) in [5, 5.41) is 0. The van der Waals surface area contributed by atoms with Crippen molar-refractivity contribution in [3.05, 3.63) is 12.2 Å². The summed E-state index contributed by atoms with van der Waals surface area (Å²) in [6.07, 6.45) is 10.5. The average molecular weight is 108 g/mol. The number of hydrogen-bond donors (Lipinski definition) is 0. The van der Waals surface area contributed by atoms with E-state index in [9.17, 15) is 0 Å². The van der Waals surface area contributed by atoms with Gasteiger partial charge in [-0.05, 0) is 37.5 Å². The third-order valence-corrected chi connectivity index (χ3v) is 2.62. The summed E-state index contributed by atoms with van der Waals surface area (Å²) < 4.78 is 0. The van der Waals surface area contributed by atoms with Crippen LogP contribution in [0.25, 0.3) is 0 Å². The fraction of sp³-hybridized carbons (Fsp3) is 0.750. The van der Waals surface area contributed by atoms with Crippen LogP contribution in [0.4, 0.5) is 0 Å². The molecule has 0 heteroatoms. The molecule has 0 amide bonds. The predicted molar refractivity (Wildman–Crippen MR) is 34.6 cm³/mol. The minimum atomic E-state index is 1.10. The van der Waals surface area contributed by atoms with Gasteiger partial charge in [0.1, 0.15) is 0 Å². The van der Waals surface area contributed by atoms with E-state index in [0.29, 0.717) is 0 Å². The number of rotatable bonds is 0. The van der Waals surface area contributed by atoms with Gasteiger partial charge in [0.25, 0.3) is 0 Å². The van der Waals surface area contributed by atoms with Crippen molar-refractivity contribution in [1.29, 1.82) is 0 Å². The van der Waals surface area contributed by atoms with E-state index in [2.05, 4.69) is 12.2 Å². The highest BCUT2D eigenvalue weighted by molar-refractivity contribution is 4.98. The molecule has 0 aromatic heterocycles. The lowest BCUT2D eigenvalue weighted by Gasteiger charge is -2.37. The summed E-state index contributed by atoms with van der Waals surface area (Å²) in [5.41, 5.74) is 0. The predicted octanol–water partition coefficient (Wildman–Crippen LogP) is 2.36. The molecule has 0 bridgehead atoms. The molecule has 1 saturated carbocycles. The zero-order chi connectivity index (χ0) is 5.40. The van der Waals surface area contributed by atoms with E-state index in [0.717, 1.165) is 11.8 Å². The first kappa shape index (κ1) is 4.60. The van der Waals surface area contributed by atoms with E-state index in [1.54, 1.807) is 0 Å². The summed E-state index contributed by atoms with van der Waals surface area (Å²) in [7, 11) is 0. The Bertz CT molecular complexity index is 99.2. The molecule has 0 N–H and O–H groups in total. The van der Waals surface area contributed by atoms with Crippen LogP contribution in [0.15, 0.2) is 12.2 Å². The zero-order valence-electron chi connectivity index (χ0n) is 5.14. The van der Waals surface area contributed by atoms with E-state index in [1.165, 1.54) is 25.7 Å². The lowest BCUT2D eigenvalue weighted by Crippen LogP contribution is -2.26. The van der Waals surface area contributed by atoms with Gasteiger partial charge in [-0.1, -0.05) is 12.2 Å². The van der Waals surface area contributed by atoms with Crippen LogP contribution in [0.2, 0.25) is 0 Å². The van der Waals surface area contributed by atoms with Crippen molar-refractivity contribution in [2.24, 2.45) is 11.8 Å². The molecule has 0 aromatic carbocycles. The minimum absolute atomic E-state index is 1.10. The first-order chi connectivity index (χ1) is 3.97. The summed E-state index contributed by atoms with van der Waals surface area (Å²) in [6, 6.07) is 0. The quantitative estimate of drug-likeness (QED) is 0.418. The second kappa shape index (κ2) is 1.61. The summed E-state index contributed by atoms with van der Waals surface area (Å²) in [6.45, 7) is 0. The van der Waals surface area contributed by atoms with Gasteiger partial charge in [0.15, 0.2) is 0 Å². The zero-order valence-corrected chi connectivity index (χ0v) is 5.14. The third kappa shape index (κ3) is 0.521. The van der Waals surface area contributed by atoms with E-state index in [1.807, 2.05) is 0 Å². The highest BCUT2D eigenvalue weighted by atomic mass is 14.3. The molecule has 1 fully saturated rings. The van der Waals surface area contributed by atoms with Crippen LogP contribution < -0.4 is 0 Å². The molecule has 0 saturated heterocycles. The topological polar surface area (TPSA) is 0 Å². The van der Waals surface area contributed by atoms with Gasteiger partial charge in [0.05, 0.1) is 0 Å². The number of fused-ring (bicyclic) bond motifs is 1. The Labute approximate surface area is 50.6 Å². The smallest absolute Gasteiger partial charge is 0.0319 e. The maximum atomic E-state index is 2.35. The van der Waals surface area contributed by atoms with Crippen LogP contribution >= 0.6 is 0 Å². The van der Waals surface area contributed by atoms with E-state index in [4.69, 9.17) is 0 Å². The van der Waals surface area contributed by atoms with Gasteiger partial charge in [-0.15, -0.1) is 0 Å². The molecule has 44 valence electrons. The normalized spacial score (nSPS) is 43.0. The molecule has 0 unspecified atom stereocenters. The Morgan fingerprint density at radius 1 is 0.875 bits per heavy atom. The minimum Gasteiger partial charge on any atom is -0.0882 e. The maximum absolute atomic E-state index is 2.35. The van der Waals surface area contributed by atoms with E-state index < -0.39 is 0 Å². The van der Waals surface area contributed by atoms with Crippen LogP contribution in [0, 0.1) is 11.8 Å². The van der Waals surface area contributed by atoms with E-state index in [-0.39, 0.29) is 0 Å². The van der Waals surface area contributed by atoms with Crippen LogP contribution in [0.5, 0.6) is 0 Å². The summed E-state index contributed by atoms with van der Waals surface area (Å²) in [4.78, 5) is 0. The van der Waals surface area contributed by atoms with Crippen molar-refractivity contribution in [3.8, 4) is 0 Å². The van der Waals surface area contributed by atoms with Crippen LogP contribution in [-0.2, 0) is 0 Å². The van der Waals surface area contributed by atoms with Gasteiger partial charge in [0.2, 0.25) is 0 Å². The Balaban J connectivity index is 2.05. The molecule has 2 rings (SSSR count). The molecular formula is C8H12. The second-order valence-electron chi connectivity index (χ2n) is 3.04. The van der Waals surface area contributed by atoms with Crippen LogP contribution in [0.3, 0.4) is 0 Å². The number of hydrogen-bond acceptors (Lipinski definition) is 0. The Hall–Kier alpha value is -0.260. The monoisotopic (exact) mass is 108 g/mol. The van der Waals surface area contributed by atoms with Crippen molar-refractivity contribution >= 4 is 0 Å². The lowest BCUT2D eigenvalue weighted by atomic mass is 9.68. The SMILES string of the molecule is C1=CC[C@H]2CC[C@H]2C1. The number of allylic oxidation sites excluding steroid dienone is 2. The maximum Gasteiger partial charge on any atom is -0.0319 e. The fourth-order valence-corrected chi connectivity index (χ4v) is 1.80. The second-order valence-corrected chi connectivity index (χ2v) is 3.04. The molecule has 2 atom stereocenters. The van der Waals surface area contributed by atoms with Gasteiger partial charge < -0.3 is 0 Å². The highest BCUT2D eigenvalue weighted by Gasteiger charge is 2.29. The molecule has 0 heterocycles. The Morgan fingerprint density at radius 3 is 1.62 bits per heavy atom. The van der Waals surface area contributed by atoms with Gasteiger partial charge in [0, 0.05) is 0 Å². The third-order valence-electron chi connectivity index (χ3n) is 2.62. The van der Waals surface area contributed by atoms with Crippen molar-refractivity contribution in [2.45, 2.75) is 25.7 Å². The van der Waals surface area contributed by atoms with E-state index >= 15 is 0 Å².